The molecule has 0 aromatic rings. The lowest BCUT2D eigenvalue weighted by atomic mass is 9.97. The van der Waals surface area contributed by atoms with Crippen molar-refractivity contribution in [3.63, 3.8) is 0 Å². The Bertz CT molecular complexity index is 191. The van der Waals surface area contributed by atoms with Crippen molar-refractivity contribution in [2.45, 2.75) is 40.5 Å². The highest BCUT2D eigenvalue weighted by Gasteiger charge is 2.07. The third kappa shape index (κ3) is 4.16. The number of rotatable bonds is 5. The summed E-state index contributed by atoms with van der Waals surface area (Å²) in [5, 5.41) is 9.63. The van der Waals surface area contributed by atoms with Gasteiger partial charge in [-0.3, -0.25) is 0 Å². The van der Waals surface area contributed by atoms with E-state index >= 15 is 0 Å². The fourth-order valence-corrected chi connectivity index (χ4v) is 0.946. The smallest absolute Gasteiger partial charge is 0.0953 e. The van der Waals surface area contributed by atoms with Crippen molar-refractivity contribution in [3.05, 3.63) is 24.0 Å². The van der Waals surface area contributed by atoms with Crippen LogP contribution in [0.4, 0.5) is 0 Å². The Hall–Kier alpha value is -0.720. The van der Waals surface area contributed by atoms with Gasteiger partial charge in [0, 0.05) is 5.92 Å². The molecule has 1 N–H and O–H groups in total. The largest absolute Gasteiger partial charge is 0.512 e. The molecule has 0 aliphatic heterocycles. The van der Waals surface area contributed by atoms with Crippen LogP contribution in [0.2, 0.25) is 0 Å². The Morgan fingerprint density at radius 3 is 2.08 bits per heavy atom. The molecule has 0 heterocycles. The van der Waals surface area contributed by atoms with Crippen molar-refractivity contribution in [2.75, 3.05) is 0 Å². The van der Waals surface area contributed by atoms with Crippen LogP contribution in [-0.2, 0) is 0 Å². The van der Waals surface area contributed by atoms with Crippen LogP contribution in [0.1, 0.15) is 40.5 Å². The molecule has 0 aliphatic rings. The molecule has 2 atom stereocenters. The van der Waals surface area contributed by atoms with Crippen LogP contribution in [0.25, 0.3) is 0 Å². The molecule has 0 aromatic heterocycles. The van der Waals surface area contributed by atoms with Gasteiger partial charge in [-0.2, -0.15) is 0 Å². The Morgan fingerprint density at radius 2 is 1.69 bits per heavy atom. The highest BCUT2D eigenvalue weighted by atomic mass is 16.3. The van der Waals surface area contributed by atoms with Crippen LogP contribution in [-0.4, -0.2) is 5.11 Å². The van der Waals surface area contributed by atoms with Gasteiger partial charge in [-0.05, 0) is 30.4 Å². The third-order valence-electron chi connectivity index (χ3n) is 2.70. The molecule has 13 heavy (non-hydrogen) atoms. The van der Waals surface area contributed by atoms with Gasteiger partial charge >= 0.3 is 0 Å². The molecule has 0 bridgehead atoms. The molecule has 0 aromatic carbocycles. The number of aliphatic hydroxyl groups excluding tert-OH is 1. The Balaban J connectivity index is 4.29. The Morgan fingerprint density at radius 1 is 1.23 bits per heavy atom. The maximum atomic E-state index is 9.63. The lowest BCUT2D eigenvalue weighted by Gasteiger charge is -2.11. The molecule has 76 valence electrons. The molecule has 0 amide bonds. The van der Waals surface area contributed by atoms with Crippen molar-refractivity contribution >= 4 is 0 Å². The van der Waals surface area contributed by atoms with Crippen molar-refractivity contribution in [1.29, 1.82) is 0 Å². The molecule has 0 spiro atoms. The second kappa shape index (κ2) is 5.85. The van der Waals surface area contributed by atoms with Gasteiger partial charge in [0.05, 0.1) is 5.76 Å². The van der Waals surface area contributed by atoms with Gasteiger partial charge in [0.25, 0.3) is 0 Å². The first-order valence-electron chi connectivity index (χ1n) is 5.12. The van der Waals surface area contributed by atoms with Crippen molar-refractivity contribution < 1.29 is 5.11 Å². The molecule has 0 aliphatic carbocycles. The van der Waals surface area contributed by atoms with Gasteiger partial charge in [0.15, 0.2) is 0 Å². The summed E-state index contributed by atoms with van der Waals surface area (Å²) >= 11 is 0. The number of aliphatic hydroxyl groups is 1. The first-order valence-corrected chi connectivity index (χ1v) is 5.12. The lowest BCUT2D eigenvalue weighted by Crippen LogP contribution is -2.00. The van der Waals surface area contributed by atoms with Gasteiger partial charge in [0.2, 0.25) is 0 Å². The molecule has 0 radical (unpaired) electrons. The normalized spacial score (nSPS) is 16.8. The Kier molecular flexibility index (Phi) is 5.52. The van der Waals surface area contributed by atoms with Crippen LogP contribution in [0.3, 0.4) is 0 Å². The van der Waals surface area contributed by atoms with Crippen molar-refractivity contribution in [3.8, 4) is 0 Å². The van der Waals surface area contributed by atoms with Gasteiger partial charge in [0.1, 0.15) is 0 Å². The quantitative estimate of drug-likeness (QED) is 0.502. The van der Waals surface area contributed by atoms with Crippen LogP contribution in [0, 0.1) is 11.8 Å². The third-order valence-corrected chi connectivity index (χ3v) is 2.70. The van der Waals surface area contributed by atoms with Gasteiger partial charge in [-0.1, -0.05) is 34.3 Å². The monoisotopic (exact) mass is 182 g/mol. The van der Waals surface area contributed by atoms with E-state index in [0.717, 1.165) is 18.4 Å². The summed E-state index contributed by atoms with van der Waals surface area (Å²) in [5.74, 6) is 1.18. The first kappa shape index (κ1) is 12.3. The average Bonchev–Trinajstić information content (AvgIpc) is 2.14. The number of hydrogen-bond donors (Lipinski definition) is 1. The SMILES string of the molecule is C=C(/C=C(\O)C(C)CC)C(C)CC. The molecular weight excluding hydrogens is 160 g/mol. The number of hydrogen-bond acceptors (Lipinski definition) is 1. The minimum atomic E-state index is 0.251. The summed E-state index contributed by atoms with van der Waals surface area (Å²) in [6, 6.07) is 0. The fourth-order valence-electron chi connectivity index (χ4n) is 0.946. The second-order valence-corrected chi connectivity index (χ2v) is 3.76. The van der Waals surface area contributed by atoms with E-state index in [-0.39, 0.29) is 5.92 Å². The molecular formula is C12H22O. The minimum Gasteiger partial charge on any atom is -0.512 e. The summed E-state index contributed by atoms with van der Waals surface area (Å²) < 4.78 is 0. The zero-order chi connectivity index (χ0) is 10.4. The van der Waals surface area contributed by atoms with Gasteiger partial charge < -0.3 is 5.11 Å². The van der Waals surface area contributed by atoms with Crippen LogP contribution < -0.4 is 0 Å². The molecule has 2 unspecified atom stereocenters. The van der Waals surface area contributed by atoms with E-state index in [1.54, 1.807) is 0 Å². The van der Waals surface area contributed by atoms with Crippen LogP contribution in [0.5, 0.6) is 0 Å². The maximum absolute atomic E-state index is 9.63. The maximum Gasteiger partial charge on any atom is 0.0953 e. The highest BCUT2D eigenvalue weighted by Crippen LogP contribution is 2.18. The molecule has 1 nitrogen and oxygen atoms in total. The van der Waals surface area contributed by atoms with E-state index in [2.05, 4.69) is 27.4 Å². The van der Waals surface area contributed by atoms with E-state index in [0.29, 0.717) is 11.7 Å². The lowest BCUT2D eigenvalue weighted by molar-refractivity contribution is 0.335. The zero-order valence-electron chi connectivity index (χ0n) is 9.30. The van der Waals surface area contributed by atoms with Crippen LogP contribution in [0.15, 0.2) is 24.0 Å². The number of allylic oxidation sites excluding steroid dienone is 3. The second-order valence-electron chi connectivity index (χ2n) is 3.76. The topological polar surface area (TPSA) is 20.2 Å². The summed E-state index contributed by atoms with van der Waals surface area (Å²) in [7, 11) is 0. The van der Waals surface area contributed by atoms with Gasteiger partial charge in [-0.15, -0.1) is 0 Å². The Labute approximate surface area is 82.2 Å². The molecule has 1 heteroatoms. The van der Waals surface area contributed by atoms with E-state index in [1.165, 1.54) is 0 Å². The molecule has 0 fully saturated rings. The minimum absolute atomic E-state index is 0.251. The zero-order valence-corrected chi connectivity index (χ0v) is 9.30. The summed E-state index contributed by atoms with van der Waals surface area (Å²) in [5.41, 5.74) is 1.03. The van der Waals surface area contributed by atoms with Gasteiger partial charge in [-0.25, -0.2) is 0 Å². The van der Waals surface area contributed by atoms with E-state index in [9.17, 15) is 5.11 Å². The average molecular weight is 182 g/mol. The molecule has 0 saturated heterocycles. The predicted octanol–water partition coefficient (Wildman–Crippen LogP) is 4.08. The summed E-state index contributed by atoms with van der Waals surface area (Å²) in [4.78, 5) is 0. The molecule has 0 saturated carbocycles. The van der Waals surface area contributed by atoms with Crippen molar-refractivity contribution in [2.24, 2.45) is 11.8 Å². The first-order chi connectivity index (χ1) is 6.02. The summed E-state index contributed by atoms with van der Waals surface area (Å²) in [6.07, 6.45) is 3.86. The highest BCUT2D eigenvalue weighted by molar-refractivity contribution is 5.20. The van der Waals surface area contributed by atoms with E-state index in [4.69, 9.17) is 0 Å². The van der Waals surface area contributed by atoms with E-state index < -0.39 is 0 Å². The predicted molar refractivity (Wildman–Crippen MR) is 58.8 cm³/mol. The van der Waals surface area contributed by atoms with Crippen LogP contribution >= 0.6 is 0 Å². The van der Waals surface area contributed by atoms with Crippen molar-refractivity contribution in [1.82, 2.24) is 0 Å². The standard InChI is InChI=1S/C12H22O/c1-6-9(3)11(5)8-12(13)10(4)7-2/h8-10,13H,5-7H2,1-4H3/b12-8-. The summed E-state index contributed by atoms with van der Waals surface area (Å²) in [6.45, 7) is 12.3. The van der Waals surface area contributed by atoms with E-state index in [1.807, 2.05) is 13.0 Å². The molecule has 0 rings (SSSR count). The fraction of sp³-hybridized carbons (Fsp3) is 0.667.